The molecule has 3 nitrogen and oxygen atoms in total. The Morgan fingerprint density at radius 1 is 1.60 bits per heavy atom. The third-order valence-corrected chi connectivity index (χ3v) is 0.635. The van der Waals surface area contributed by atoms with Crippen LogP contribution in [0.4, 0.5) is 13.2 Å². The van der Waals surface area contributed by atoms with E-state index in [0.29, 0.717) is 0 Å². The van der Waals surface area contributed by atoms with Gasteiger partial charge in [-0.1, -0.05) is 0 Å². The number of alkyl halides is 3. The van der Waals surface area contributed by atoms with Gasteiger partial charge in [-0.05, 0) is 0 Å². The molecule has 0 saturated heterocycles. The predicted molar refractivity (Wildman–Crippen MR) is 23.8 cm³/mol. The first kappa shape index (κ1) is 7.17. The smallest absolute Gasteiger partial charge is 0.433 e. The molecule has 0 aliphatic carbocycles. The van der Waals surface area contributed by atoms with Crippen molar-refractivity contribution in [3.05, 3.63) is 6.61 Å². The van der Waals surface area contributed by atoms with Gasteiger partial charge in [0.05, 0.1) is 6.54 Å². The lowest BCUT2D eigenvalue weighted by atomic mass is 10.8. The first-order valence-corrected chi connectivity index (χ1v) is 2.28. The Bertz CT molecular complexity index is 153. The molecule has 1 rings (SSSR count). The lowest BCUT2D eigenvalue weighted by Gasteiger charge is -2.05. The molecule has 56 valence electrons. The van der Waals surface area contributed by atoms with Gasteiger partial charge in [0.1, 0.15) is 0 Å². The highest BCUT2D eigenvalue weighted by atomic mass is 19.4. The molecule has 1 aliphatic rings. The van der Waals surface area contributed by atoms with Gasteiger partial charge < -0.3 is 9.47 Å². The number of halogens is 3. The zero-order valence-electron chi connectivity index (χ0n) is 4.60. The second-order valence-electron chi connectivity index (χ2n) is 1.38. The zero-order valence-corrected chi connectivity index (χ0v) is 4.60. The SMILES string of the molecule is FC(F)(F)OC1=NC[C]O1. The van der Waals surface area contributed by atoms with Crippen LogP contribution in [0.15, 0.2) is 4.99 Å². The van der Waals surface area contributed by atoms with Gasteiger partial charge in [0.2, 0.25) is 6.61 Å². The van der Waals surface area contributed by atoms with Crippen molar-refractivity contribution in [1.82, 2.24) is 0 Å². The fourth-order valence-electron chi connectivity index (χ4n) is 0.375. The summed E-state index contributed by atoms with van der Waals surface area (Å²) in [6, 6.07) is 0. The molecule has 6 heteroatoms. The van der Waals surface area contributed by atoms with E-state index < -0.39 is 12.4 Å². The van der Waals surface area contributed by atoms with Gasteiger partial charge >= 0.3 is 12.4 Å². The summed E-state index contributed by atoms with van der Waals surface area (Å²) >= 11 is 0. The van der Waals surface area contributed by atoms with Crippen molar-refractivity contribution in [2.24, 2.45) is 4.99 Å². The number of hydrogen-bond donors (Lipinski definition) is 0. The summed E-state index contributed by atoms with van der Waals surface area (Å²) in [5.41, 5.74) is 0. The van der Waals surface area contributed by atoms with Gasteiger partial charge in [0, 0.05) is 0 Å². The van der Waals surface area contributed by atoms with Crippen LogP contribution in [0.3, 0.4) is 0 Å². The molecule has 10 heavy (non-hydrogen) atoms. The van der Waals surface area contributed by atoms with Gasteiger partial charge in [0.25, 0.3) is 0 Å². The maximum atomic E-state index is 11.3. The van der Waals surface area contributed by atoms with Crippen molar-refractivity contribution >= 4 is 6.08 Å². The summed E-state index contributed by atoms with van der Waals surface area (Å²) in [6.07, 6.45) is -5.53. The Morgan fingerprint density at radius 3 is 2.70 bits per heavy atom. The van der Waals surface area contributed by atoms with E-state index >= 15 is 0 Å². The molecular weight excluding hydrogens is 151 g/mol. The standard InChI is InChI=1S/C4H2F3NO2/c5-4(6,7)10-3-8-1-2-9-3/h1H2. The van der Waals surface area contributed by atoms with Crippen LogP contribution in [0.25, 0.3) is 0 Å². The van der Waals surface area contributed by atoms with Gasteiger partial charge in [-0.25, -0.2) is 4.99 Å². The van der Waals surface area contributed by atoms with Crippen LogP contribution < -0.4 is 0 Å². The van der Waals surface area contributed by atoms with Crippen LogP contribution in [-0.2, 0) is 9.47 Å². The normalized spacial score (nSPS) is 18.1. The Labute approximate surface area is 54.4 Å². The minimum absolute atomic E-state index is 0.0224. The molecule has 0 aromatic carbocycles. The van der Waals surface area contributed by atoms with Crippen molar-refractivity contribution in [1.29, 1.82) is 0 Å². The summed E-state index contributed by atoms with van der Waals surface area (Å²) < 4.78 is 41.2. The number of rotatable bonds is 0. The molecular formula is C4H2F3NO2. The molecule has 0 aromatic rings. The summed E-state index contributed by atoms with van der Waals surface area (Å²) in [5.74, 6) is 0. The molecule has 0 unspecified atom stereocenters. The maximum absolute atomic E-state index is 11.3. The van der Waals surface area contributed by atoms with Crippen molar-refractivity contribution in [3.8, 4) is 0 Å². The fourth-order valence-corrected chi connectivity index (χ4v) is 0.375. The van der Waals surface area contributed by atoms with Gasteiger partial charge in [-0.3, -0.25) is 0 Å². The summed E-state index contributed by atoms with van der Waals surface area (Å²) in [4.78, 5) is 3.16. The van der Waals surface area contributed by atoms with Crippen LogP contribution in [0.2, 0.25) is 0 Å². The third kappa shape index (κ3) is 2.12. The highest BCUT2D eigenvalue weighted by Crippen LogP contribution is 2.18. The van der Waals surface area contributed by atoms with E-state index in [9.17, 15) is 13.2 Å². The third-order valence-electron chi connectivity index (χ3n) is 0.635. The molecule has 1 aliphatic heterocycles. The molecule has 1 heterocycles. The second kappa shape index (κ2) is 2.36. The molecule has 2 radical (unpaired) electrons. The van der Waals surface area contributed by atoms with E-state index in [1.165, 1.54) is 0 Å². The molecule has 0 aromatic heterocycles. The van der Waals surface area contributed by atoms with E-state index in [0.717, 1.165) is 0 Å². The van der Waals surface area contributed by atoms with E-state index in [1.807, 2.05) is 0 Å². The molecule has 0 amide bonds. The largest absolute Gasteiger partial charge is 0.576 e. The molecule has 0 fully saturated rings. The summed E-state index contributed by atoms with van der Waals surface area (Å²) in [5, 5.41) is 0. The predicted octanol–water partition coefficient (Wildman–Crippen LogP) is 0.948. The Morgan fingerprint density at radius 2 is 2.30 bits per heavy atom. The van der Waals surface area contributed by atoms with Crippen molar-refractivity contribution in [3.63, 3.8) is 0 Å². The van der Waals surface area contributed by atoms with Gasteiger partial charge in [-0.2, -0.15) is 0 Å². The molecule has 0 spiro atoms. The zero-order chi connectivity index (χ0) is 7.61. The van der Waals surface area contributed by atoms with Gasteiger partial charge in [0.15, 0.2) is 0 Å². The van der Waals surface area contributed by atoms with Crippen molar-refractivity contribution < 1.29 is 22.6 Å². The summed E-state index contributed by atoms with van der Waals surface area (Å²) in [6.45, 7) is 2.04. The average Bonchev–Trinajstić information content (AvgIpc) is 2.12. The van der Waals surface area contributed by atoms with E-state index in [-0.39, 0.29) is 6.54 Å². The lowest BCUT2D eigenvalue weighted by Crippen LogP contribution is -2.18. The number of ether oxygens (including phenoxy) is 2. The number of hydrogen-bond acceptors (Lipinski definition) is 3. The lowest BCUT2D eigenvalue weighted by molar-refractivity contribution is -0.289. The van der Waals surface area contributed by atoms with Crippen LogP contribution in [-0.4, -0.2) is 19.0 Å². The number of nitrogens with zero attached hydrogens (tertiary/aromatic N) is 1. The van der Waals surface area contributed by atoms with E-state index in [4.69, 9.17) is 0 Å². The quantitative estimate of drug-likeness (QED) is 0.518. The topological polar surface area (TPSA) is 30.8 Å². The van der Waals surface area contributed by atoms with Crippen LogP contribution in [0.1, 0.15) is 0 Å². The Hall–Kier alpha value is -0.940. The van der Waals surface area contributed by atoms with Crippen LogP contribution in [0, 0.1) is 6.61 Å². The maximum Gasteiger partial charge on any atom is 0.576 e. The molecule has 0 N–H and O–H groups in total. The van der Waals surface area contributed by atoms with Crippen molar-refractivity contribution in [2.75, 3.05) is 6.54 Å². The highest BCUT2D eigenvalue weighted by Gasteiger charge is 2.34. The monoisotopic (exact) mass is 153 g/mol. The molecule has 0 atom stereocenters. The fraction of sp³-hybridized carbons (Fsp3) is 0.500. The minimum atomic E-state index is -4.73. The highest BCUT2D eigenvalue weighted by molar-refractivity contribution is 5.69. The minimum Gasteiger partial charge on any atom is -0.433 e. The Kier molecular flexibility index (Phi) is 1.69. The summed E-state index contributed by atoms with van der Waals surface area (Å²) in [7, 11) is 0. The second-order valence-corrected chi connectivity index (χ2v) is 1.38. The first-order valence-electron chi connectivity index (χ1n) is 2.28. The Balaban J connectivity index is 2.38. The van der Waals surface area contributed by atoms with Crippen molar-refractivity contribution in [2.45, 2.75) is 6.36 Å². The van der Waals surface area contributed by atoms with Crippen LogP contribution >= 0.6 is 0 Å². The van der Waals surface area contributed by atoms with E-state index in [1.54, 1.807) is 0 Å². The van der Waals surface area contributed by atoms with E-state index in [2.05, 4.69) is 21.1 Å². The molecule has 0 bridgehead atoms. The first-order chi connectivity index (χ1) is 4.58. The molecule has 0 saturated carbocycles. The van der Waals surface area contributed by atoms with Gasteiger partial charge in [-0.15, -0.1) is 13.2 Å². The average molecular weight is 153 g/mol. The van der Waals surface area contributed by atoms with Crippen LogP contribution in [0.5, 0.6) is 0 Å². The number of aliphatic imine (C=N–C) groups is 1.